The minimum atomic E-state index is -0.447. The molecule has 1 aromatic carbocycles. The lowest BCUT2D eigenvalue weighted by Crippen LogP contribution is -2.29. The van der Waals surface area contributed by atoms with E-state index in [1.54, 1.807) is 25.2 Å². The van der Waals surface area contributed by atoms with E-state index in [9.17, 15) is 14.9 Å². The molecular formula is C16H17N3O4. The van der Waals surface area contributed by atoms with Gasteiger partial charge in [0.1, 0.15) is 5.76 Å². The summed E-state index contributed by atoms with van der Waals surface area (Å²) in [4.78, 5) is 24.4. The third kappa shape index (κ3) is 3.08. The minimum absolute atomic E-state index is 0.00709. The number of nitro benzene ring substituents is 1. The first-order chi connectivity index (χ1) is 11.0. The fourth-order valence-electron chi connectivity index (χ4n) is 2.43. The van der Waals surface area contributed by atoms with Gasteiger partial charge in [0.15, 0.2) is 5.69 Å². The van der Waals surface area contributed by atoms with Crippen LogP contribution in [0.2, 0.25) is 0 Å². The van der Waals surface area contributed by atoms with Crippen LogP contribution in [0.25, 0.3) is 0 Å². The van der Waals surface area contributed by atoms with Crippen molar-refractivity contribution in [2.75, 3.05) is 7.05 Å². The fraction of sp³-hybridized carbons (Fsp3) is 0.375. The van der Waals surface area contributed by atoms with Crippen molar-refractivity contribution < 1.29 is 14.2 Å². The molecule has 1 amide bonds. The molecule has 7 nitrogen and oxygen atoms in total. The molecule has 1 aliphatic carbocycles. The highest BCUT2D eigenvalue weighted by molar-refractivity contribution is 5.92. The van der Waals surface area contributed by atoms with Gasteiger partial charge in [-0.3, -0.25) is 14.9 Å². The second-order valence-corrected chi connectivity index (χ2v) is 5.83. The van der Waals surface area contributed by atoms with E-state index >= 15 is 0 Å². The minimum Gasteiger partial charge on any atom is -0.360 e. The normalized spacial score (nSPS) is 15.2. The van der Waals surface area contributed by atoms with Gasteiger partial charge >= 0.3 is 0 Å². The number of rotatable bonds is 5. The molecule has 0 N–H and O–H groups in total. The first-order valence-electron chi connectivity index (χ1n) is 7.45. The van der Waals surface area contributed by atoms with Crippen LogP contribution in [-0.4, -0.2) is 27.9 Å². The van der Waals surface area contributed by atoms with E-state index in [4.69, 9.17) is 4.52 Å². The number of carbonyl (C=O) groups is 1. The smallest absolute Gasteiger partial charge is 0.276 e. The van der Waals surface area contributed by atoms with Crippen molar-refractivity contribution in [2.45, 2.75) is 31.7 Å². The average molecular weight is 315 g/mol. The lowest BCUT2D eigenvalue weighted by molar-refractivity contribution is -0.384. The highest BCUT2D eigenvalue weighted by Gasteiger charge is 2.30. The zero-order chi connectivity index (χ0) is 16.6. The number of nitro groups is 1. The average Bonchev–Trinajstić information content (AvgIpc) is 3.30. The number of hydrogen-bond acceptors (Lipinski definition) is 5. The monoisotopic (exact) mass is 315 g/mol. The van der Waals surface area contributed by atoms with Crippen molar-refractivity contribution >= 4 is 11.6 Å². The molecule has 7 heteroatoms. The summed E-state index contributed by atoms with van der Waals surface area (Å²) in [6.45, 7) is 1.82. The molecule has 120 valence electrons. The van der Waals surface area contributed by atoms with Crippen LogP contribution in [-0.2, 0) is 0 Å². The predicted molar refractivity (Wildman–Crippen MR) is 82.1 cm³/mol. The van der Waals surface area contributed by atoms with Gasteiger partial charge in [-0.25, -0.2) is 0 Å². The Morgan fingerprint density at radius 2 is 2.17 bits per heavy atom. The molecule has 1 saturated carbocycles. The molecule has 0 bridgehead atoms. The SMILES string of the molecule is C[C@H](c1cccc([N+](=O)[O-])c1)N(C)C(=O)c1cc(C2CC2)on1. The number of nitrogens with zero attached hydrogens (tertiary/aromatic N) is 3. The maximum atomic E-state index is 12.5. The molecule has 0 aliphatic heterocycles. The zero-order valence-corrected chi connectivity index (χ0v) is 12.9. The summed E-state index contributed by atoms with van der Waals surface area (Å²) in [7, 11) is 1.65. The standard InChI is InChI=1S/C16H17N3O4/c1-10(12-4-3-5-13(8-12)19(21)22)18(2)16(20)14-9-15(23-17-14)11-6-7-11/h3-5,8-11H,6-7H2,1-2H3/t10-/m1/s1. The highest BCUT2D eigenvalue weighted by Crippen LogP contribution is 2.40. The highest BCUT2D eigenvalue weighted by atomic mass is 16.6. The van der Waals surface area contributed by atoms with E-state index in [2.05, 4.69) is 5.16 Å². The largest absolute Gasteiger partial charge is 0.360 e. The van der Waals surface area contributed by atoms with Crippen molar-refractivity contribution in [3.63, 3.8) is 0 Å². The van der Waals surface area contributed by atoms with E-state index in [1.807, 2.05) is 6.92 Å². The van der Waals surface area contributed by atoms with Gasteiger partial charge < -0.3 is 9.42 Å². The van der Waals surface area contributed by atoms with Gasteiger partial charge in [0.2, 0.25) is 0 Å². The van der Waals surface area contributed by atoms with Crippen molar-refractivity contribution in [1.82, 2.24) is 10.1 Å². The number of hydrogen-bond donors (Lipinski definition) is 0. The maximum absolute atomic E-state index is 12.5. The Kier molecular flexibility index (Phi) is 3.85. The van der Waals surface area contributed by atoms with Crippen molar-refractivity contribution in [3.05, 3.63) is 57.5 Å². The number of aromatic nitrogens is 1. The lowest BCUT2D eigenvalue weighted by atomic mass is 10.1. The summed E-state index contributed by atoms with van der Waals surface area (Å²) in [6, 6.07) is 7.66. The van der Waals surface area contributed by atoms with Gasteiger partial charge in [-0.2, -0.15) is 0 Å². The molecule has 2 aromatic rings. The van der Waals surface area contributed by atoms with Crippen molar-refractivity contribution in [1.29, 1.82) is 0 Å². The third-order valence-corrected chi connectivity index (χ3v) is 4.19. The van der Waals surface area contributed by atoms with Gasteiger partial charge in [-0.15, -0.1) is 0 Å². The molecule has 1 fully saturated rings. The van der Waals surface area contributed by atoms with E-state index in [0.29, 0.717) is 11.5 Å². The Bertz CT molecular complexity index is 751. The van der Waals surface area contributed by atoms with E-state index in [1.165, 1.54) is 17.0 Å². The summed E-state index contributed by atoms with van der Waals surface area (Å²) in [5, 5.41) is 14.7. The summed E-state index contributed by atoms with van der Waals surface area (Å²) in [5.74, 6) is 0.882. The molecule has 1 aromatic heterocycles. The molecule has 1 atom stereocenters. The van der Waals surface area contributed by atoms with E-state index in [0.717, 1.165) is 18.6 Å². The summed E-state index contributed by atoms with van der Waals surface area (Å²) in [6.07, 6.45) is 2.14. The van der Waals surface area contributed by atoms with E-state index in [-0.39, 0.29) is 23.3 Å². The van der Waals surface area contributed by atoms with Crippen LogP contribution < -0.4 is 0 Å². The summed E-state index contributed by atoms with van der Waals surface area (Å²) >= 11 is 0. The first-order valence-corrected chi connectivity index (χ1v) is 7.45. The van der Waals surface area contributed by atoms with Gasteiger partial charge in [-0.05, 0) is 25.3 Å². The van der Waals surface area contributed by atoms with Gasteiger partial charge in [0.05, 0.1) is 11.0 Å². The zero-order valence-electron chi connectivity index (χ0n) is 12.9. The summed E-state index contributed by atoms with van der Waals surface area (Å²) in [5.41, 5.74) is 0.972. The Balaban J connectivity index is 1.77. The number of amides is 1. The van der Waals surface area contributed by atoms with Gasteiger partial charge in [0.25, 0.3) is 11.6 Å². The Morgan fingerprint density at radius 3 is 2.83 bits per heavy atom. The van der Waals surface area contributed by atoms with Crippen molar-refractivity contribution in [3.8, 4) is 0 Å². The molecular weight excluding hydrogens is 298 g/mol. The number of benzene rings is 1. The Labute approximate surface area is 133 Å². The molecule has 0 spiro atoms. The van der Waals surface area contributed by atoms with Crippen LogP contribution in [0.1, 0.15) is 53.5 Å². The fourth-order valence-corrected chi connectivity index (χ4v) is 2.43. The van der Waals surface area contributed by atoms with Crippen LogP contribution in [0, 0.1) is 10.1 Å². The quantitative estimate of drug-likeness (QED) is 0.624. The second-order valence-electron chi connectivity index (χ2n) is 5.83. The molecule has 3 rings (SSSR count). The Morgan fingerprint density at radius 1 is 1.43 bits per heavy atom. The molecule has 23 heavy (non-hydrogen) atoms. The summed E-state index contributed by atoms with van der Waals surface area (Å²) < 4.78 is 5.21. The molecule has 0 unspecified atom stereocenters. The molecule has 1 heterocycles. The van der Waals surface area contributed by atoms with Crippen LogP contribution in [0.5, 0.6) is 0 Å². The third-order valence-electron chi connectivity index (χ3n) is 4.19. The Hall–Kier alpha value is -2.70. The first kappa shape index (κ1) is 15.2. The molecule has 0 saturated heterocycles. The van der Waals surface area contributed by atoms with Gasteiger partial charge in [0, 0.05) is 31.2 Å². The number of carbonyl (C=O) groups excluding carboxylic acids is 1. The maximum Gasteiger partial charge on any atom is 0.276 e. The number of non-ortho nitro benzene ring substituents is 1. The molecule has 1 aliphatic rings. The van der Waals surface area contributed by atoms with Crippen LogP contribution in [0.3, 0.4) is 0 Å². The van der Waals surface area contributed by atoms with Gasteiger partial charge in [-0.1, -0.05) is 17.3 Å². The lowest BCUT2D eigenvalue weighted by Gasteiger charge is -2.24. The van der Waals surface area contributed by atoms with Crippen LogP contribution in [0.4, 0.5) is 5.69 Å². The second kappa shape index (κ2) is 5.83. The van der Waals surface area contributed by atoms with E-state index < -0.39 is 4.92 Å². The topological polar surface area (TPSA) is 89.5 Å². The predicted octanol–water partition coefficient (Wildman–Crippen LogP) is 3.29. The van der Waals surface area contributed by atoms with Crippen LogP contribution >= 0.6 is 0 Å². The van der Waals surface area contributed by atoms with Crippen LogP contribution in [0.15, 0.2) is 34.9 Å². The molecule has 0 radical (unpaired) electrons. The van der Waals surface area contributed by atoms with Crippen molar-refractivity contribution in [2.24, 2.45) is 0 Å².